The number of amides is 4. The second kappa shape index (κ2) is 7.71. The molecule has 3 rings (SSSR count). The van der Waals surface area contributed by atoms with E-state index in [0.29, 0.717) is 11.1 Å². The van der Waals surface area contributed by atoms with Crippen molar-refractivity contribution in [2.75, 3.05) is 6.54 Å². The number of imide groups is 1. The van der Waals surface area contributed by atoms with Crippen LogP contribution in [0.3, 0.4) is 0 Å². The van der Waals surface area contributed by atoms with Crippen LogP contribution in [0.4, 0.5) is 18.0 Å². The highest BCUT2D eigenvalue weighted by Gasteiger charge is 2.30. The summed E-state index contributed by atoms with van der Waals surface area (Å²) in [5.74, 6) is -0.833. The van der Waals surface area contributed by atoms with E-state index >= 15 is 0 Å². The Morgan fingerprint density at radius 3 is 2.46 bits per heavy atom. The third-order valence-electron chi connectivity index (χ3n) is 4.17. The Kier molecular flexibility index (Phi) is 5.34. The molecule has 0 radical (unpaired) electrons. The van der Waals surface area contributed by atoms with Gasteiger partial charge in [-0.15, -0.1) is 0 Å². The molecule has 1 fully saturated rings. The summed E-state index contributed by atoms with van der Waals surface area (Å²) in [4.78, 5) is 36.6. The average molecular weight is 391 g/mol. The zero-order chi connectivity index (χ0) is 20.3. The van der Waals surface area contributed by atoms with E-state index in [1.54, 1.807) is 12.1 Å². The highest BCUT2D eigenvalue weighted by molar-refractivity contribution is 6.02. The normalized spacial score (nSPS) is 14.2. The van der Waals surface area contributed by atoms with Gasteiger partial charge < -0.3 is 10.6 Å². The van der Waals surface area contributed by atoms with E-state index in [4.69, 9.17) is 0 Å². The molecule has 146 valence electrons. The minimum absolute atomic E-state index is 0.0272. The lowest BCUT2D eigenvalue weighted by Gasteiger charge is -2.13. The number of nitrogens with zero attached hydrogens (tertiary/aromatic N) is 1. The number of urea groups is 1. The van der Waals surface area contributed by atoms with Gasteiger partial charge in [-0.2, -0.15) is 13.2 Å². The van der Waals surface area contributed by atoms with Crippen molar-refractivity contribution in [2.45, 2.75) is 19.3 Å². The Bertz CT molecular complexity index is 912. The Morgan fingerprint density at radius 2 is 1.79 bits per heavy atom. The van der Waals surface area contributed by atoms with Gasteiger partial charge in [-0.3, -0.25) is 14.5 Å². The Labute approximate surface area is 158 Å². The van der Waals surface area contributed by atoms with Crippen molar-refractivity contribution in [3.63, 3.8) is 0 Å². The molecule has 2 N–H and O–H groups in total. The van der Waals surface area contributed by atoms with Crippen molar-refractivity contribution in [1.29, 1.82) is 0 Å². The Morgan fingerprint density at radius 1 is 1.07 bits per heavy atom. The highest BCUT2D eigenvalue weighted by Crippen LogP contribution is 2.29. The van der Waals surface area contributed by atoms with Crippen LogP contribution in [-0.2, 0) is 24.1 Å². The molecule has 2 aromatic rings. The van der Waals surface area contributed by atoms with Gasteiger partial charge in [-0.05, 0) is 35.4 Å². The largest absolute Gasteiger partial charge is 0.416 e. The monoisotopic (exact) mass is 391 g/mol. The van der Waals surface area contributed by atoms with E-state index in [2.05, 4.69) is 10.6 Å². The molecule has 6 nitrogen and oxygen atoms in total. The molecule has 0 saturated carbocycles. The zero-order valence-corrected chi connectivity index (χ0v) is 14.5. The van der Waals surface area contributed by atoms with Gasteiger partial charge in [0.1, 0.15) is 0 Å². The number of nitrogens with one attached hydrogen (secondary N) is 2. The minimum Gasteiger partial charge on any atom is -0.348 e. The Hall–Kier alpha value is -3.36. The quantitative estimate of drug-likeness (QED) is 0.770. The van der Waals surface area contributed by atoms with Crippen molar-refractivity contribution >= 4 is 17.8 Å². The number of carbonyl (C=O) groups excluding carboxylic acids is 3. The summed E-state index contributed by atoms with van der Waals surface area (Å²) in [5, 5.41) is 4.97. The minimum atomic E-state index is -4.45. The highest BCUT2D eigenvalue weighted by atomic mass is 19.4. The lowest BCUT2D eigenvalue weighted by atomic mass is 10.1. The summed E-state index contributed by atoms with van der Waals surface area (Å²) in [7, 11) is 0. The molecule has 2 aromatic carbocycles. The van der Waals surface area contributed by atoms with Crippen LogP contribution >= 0.6 is 0 Å². The summed E-state index contributed by atoms with van der Waals surface area (Å²) < 4.78 is 38.3. The number of alkyl halides is 3. The summed E-state index contributed by atoms with van der Waals surface area (Å²) in [6, 6.07) is 10.6. The van der Waals surface area contributed by atoms with Crippen LogP contribution in [-0.4, -0.2) is 29.3 Å². The molecule has 9 heteroatoms. The first-order valence-corrected chi connectivity index (χ1v) is 8.35. The third-order valence-corrected chi connectivity index (χ3v) is 4.17. The van der Waals surface area contributed by atoms with Crippen LogP contribution in [0, 0.1) is 0 Å². The van der Waals surface area contributed by atoms with Gasteiger partial charge in [0.2, 0.25) is 5.91 Å². The number of halogens is 3. The summed E-state index contributed by atoms with van der Waals surface area (Å²) >= 11 is 0. The lowest BCUT2D eigenvalue weighted by molar-refractivity contribution is -0.137. The topological polar surface area (TPSA) is 78.5 Å². The van der Waals surface area contributed by atoms with Crippen LogP contribution in [0.25, 0.3) is 0 Å². The standard InChI is InChI=1S/C19H16F3N3O3/c20-19(21,22)15-6-2-3-12(8-15)9-23-17(27)14-5-1-4-13(7-14)11-25-16(26)10-24-18(25)28/h1-8H,9-11H2,(H,23,27)(H,24,28). The van der Waals surface area contributed by atoms with E-state index in [9.17, 15) is 27.6 Å². The zero-order valence-electron chi connectivity index (χ0n) is 14.5. The van der Waals surface area contributed by atoms with Crippen molar-refractivity contribution < 1.29 is 27.6 Å². The average Bonchev–Trinajstić information content (AvgIpc) is 2.98. The van der Waals surface area contributed by atoms with Crippen molar-refractivity contribution in [3.8, 4) is 0 Å². The fraction of sp³-hybridized carbons (Fsp3) is 0.211. The van der Waals surface area contributed by atoms with Crippen molar-refractivity contribution in [2.24, 2.45) is 0 Å². The number of rotatable bonds is 5. The van der Waals surface area contributed by atoms with Crippen LogP contribution in [0.5, 0.6) is 0 Å². The molecule has 1 heterocycles. The number of hydrogen-bond donors (Lipinski definition) is 2. The first kappa shape index (κ1) is 19.4. The number of carbonyl (C=O) groups is 3. The third kappa shape index (κ3) is 4.48. The maximum Gasteiger partial charge on any atom is 0.416 e. The predicted molar refractivity (Wildman–Crippen MR) is 93.0 cm³/mol. The number of hydrogen-bond acceptors (Lipinski definition) is 3. The molecular formula is C19H16F3N3O3. The van der Waals surface area contributed by atoms with E-state index < -0.39 is 23.7 Å². The van der Waals surface area contributed by atoms with Gasteiger partial charge in [0.05, 0.1) is 18.7 Å². The van der Waals surface area contributed by atoms with Gasteiger partial charge in [-0.1, -0.05) is 24.3 Å². The van der Waals surface area contributed by atoms with E-state index in [-0.39, 0.29) is 31.1 Å². The fourth-order valence-electron chi connectivity index (χ4n) is 2.75. The first-order valence-electron chi connectivity index (χ1n) is 8.35. The van der Waals surface area contributed by atoms with Crippen LogP contribution in [0.2, 0.25) is 0 Å². The molecule has 0 aliphatic carbocycles. The van der Waals surface area contributed by atoms with Crippen LogP contribution in [0.15, 0.2) is 48.5 Å². The maximum atomic E-state index is 12.8. The second-order valence-corrected chi connectivity index (χ2v) is 6.22. The van der Waals surface area contributed by atoms with Crippen molar-refractivity contribution in [1.82, 2.24) is 15.5 Å². The fourth-order valence-corrected chi connectivity index (χ4v) is 2.75. The van der Waals surface area contributed by atoms with Crippen LogP contribution in [0.1, 0.15) is 27.0 Å². The molecule has 0 atom stereocenters. The molecule has 0 aromatic heterocycles. The molecule has 0 unspecified atom stereocenters. The Balaban J connectivity index is 1.65. The van der Waals surface area contributed by atoms with Gasteiger partial charge in [0.25, 0.3) is 5.91 Å². The van der Waals surface area contributed by atoms with E-state index in [1.807, 2.05) is 0 Å². The summed E-state index contributed by atoms with van der Waals surface area (Å²) in [5.41, 5.74) is 0.391. The summed E-state index contributed by atoms with van der Waals surface area (Å²) in [6.07, 6.45) is -4.45. The molecule has 0 spiro atoms. The molecule has 28 heavy (non-hydrogen) atoms. The summed E-state index contributed by atoms with van der Waals surface area (Å²) in [6.45, 7) is -0.102. The first-order chi connectivity index (χ1) is 13.2. The van der Waals surface area contributed by atoms with Crippen LogP contribution < -0.4 is 10.6 Å². The van der Waals surface area contributed by atoms with Gasteiger partial charge in [0.15, 0.2) is 0 Å². The smallest absolute Gasteiger partial charge is 0.348 e. The van der Waals surface area contributed by atoms with E-state index in [1.165, 1.54) is 24.3 Å². The molecule has 1 aliphatic rings. The molecular weight excluding hydrogens is 375 g/mol. The molecule has 1 aliphatic heterocycles. The molecule has 1 saturated heterocycles. The SMILES string of the molecule is O=C(NCc1cccc(C(F)(F)F)c1)c1cccc(CN2C(=O)CNC2=O)c1. The molecule has 4 amide bonds. The molecule has 0 bridgehead atoms. The van der Waals surface area contributed by atoms with E-state index in [0.717, 1.165) is 17.0 Å². The maximum absolute atomic E-state index is 12.8. The van der Waals surface area contributed by atoms with Gasteiger partial charge in [-0.25, -0.2) is 4.79 Å². The van der Waals surface area contributed by atoms with Crippen molar-refractivity contribution in [3.05, 3.63) is 70.8 Å². The number of benzene rings is 2. The second-order valence-electron chi connectivity index (χ2n) is 6.22. The predicted octanol–water partition coefficient (Wildman–Crippen LogP) is 2.69. The lowest BCUT2D eigenvalue weighted by Crippen LogP contribution is -2.30. The van der Waals surface area contributed by atoms with Gasteiger partial charge >= 0.3 is 12.2 Å². The van der Waals surface area contributed by atoms with Gasteiger partial charge in [0, 0.05) is 12.1 Å².